The molecular formula is C19H19BrN2OS. The number of anilines is 1. The first-order valence-electron chi connectivity index (χ1n) is 7.80. The largest absolute Gasteiger partial charge is 0.397 e. The van der Waals surface area contributed by atoms with Gasteiger partial charge in [-0.15, -0.1) is 11.3 Å². The zero-order chi connectivity index (χ0) is 17.3. The molecule has 3 nitrogen and oxygen atoms in total. The van der Waals surface area contributed by atoms with Crippen molar-refractivity contribution in [1.82, 2.24) is 4.90 Å². The number of thiophene rings is 1. The number of halogens is 1. The summed E-state index contributed by atoms with van der Waals surface area (Å²) in [4.78, 5) is 15.6. The van der Waals surface area contributed by atoms with E-state index >= 15 is 0 Å². The lowest BCUT2D eigenvalue weighted by Gasteiger charge is -2.26. The molecule has 0 saturated heterocycles. The van der Waals surface area contributed by atoms with E-state index in [0.29, 0.717) is 17.1 Å². The Labute approximate surface area is 154 Å². The van der Waals surface area contributed by atoms with Crippen molar-refractivity contribution in [2.75, 3.05) is 5.73 Å². The van der Waals surface area contributed by atoms with Gasteiger partial charge >= 0.3 is 0 Å². The molecular weight excluding hydrogens is 384 g/mol. The number of amides is 1. The van der Waals surface area contributed by atoms with Gasteiger partial charge < -0.3 is 10.6 Å². The molecule has 0 aliphatic carbocycles. The fourth-order valence-electron chi connectivity index (χ4n) is 2.65. The molecule has 1 heterocycles. The van der Waals surface area contributed by atoms with E-state index in [1.165, 1.54) is 11.3 Å². The zero-order valence-electron chi connectivity index (χ0n) is 13.6. The Bertz CT molecular complexity index is 874. The first-order valence-corrected chi connectivity index (χ1v) is 9.40. The van der Waals surface area contributed by atoms with E-state index in [1.807, 2.05) is 67.3 Å². The summed E-state index contributed by atoms with van der Waals surface area (Å²) in [5, 5.41) is 0.932. The molecule has 0 bridgehead atoms. The van der Waals surface area contributed by atoms with E-state index in [0.717, 1.165) is 20.1 Å². The third-order valence-electron chi connectivity index (χ3n) is 3.96. The minimum atomic E-state index is -0.0105. The van der Waals surface area contributed by atoms with Crippen LogP contribution in [-0.4, -0.2) is 16.8 Å². The van der Waals surface area contributed by atoms with Crippen molar-refractivity contribution in [2.24, 2.45) is 0 Å². The Morgan fingerprint density at radius 2 is 1.92 bits per heavy atom. The van der Waals surface area contributed by atoms with Gasteiger partial charge in [0.2, 0.25) is 0 Å². The second kappa shape index (κ2) is 6.95. The van der Waals surface area contributed by atoms with Gasteiger partial charge in [-0.25, -0.2) is 0 Å². The van der Waals surface area contributed by atoms with Crippen LogP contribution in [0.4, 0.5) is 5.69 Å². The van der Waals surface area contributed by atoms with Crippen LogP contribution in [0.15, 0.2) is 53.0 Å². The first kappa shape index (κ1) is 17.0. The molecule has 0 fully saturated rings. The summed E-state index contributed by atoms with van der Waals surface area (Å²) >= 11 is 4.92. The maximum Gasteiger partial charge on any atom is 0.266 e. The second-order valence-corrected chi connectivity index (χ2v) is 7.97. The highest BCUT2D eigenvalue weighted by molar-refractivity contribution is 9.10. The number of carbonyl (C=O) groups excluding carboxylic acids is 1. The normalized spacial score (nSPS) is 11.2. The van der Waals surface area contributed by atoms with Gasteiger partial charge in [-0.3, -0.25) is 4.79 Å². The number of nitrogens with two attached hydrogens (primary N) is 1. The summed E-state index contributed by atoms with van der Waals surface area (Å²) in [6, 6.07) is 16.1. The van der Waals surface area contributed by atoms with Crippen LogP contribution in [0.2, 0.25) is 0 Å². The van der Waals surface area contributed by atoms with Gasteiger partial charge in [0.15, 0.2) is 0 Å². The second-order valence-electron chi connectivity index (χ2n) is 6.00. The standard InChI is InChI=1S/C19H19BrN2OS/c1-12(2)22(11-13-6-4-3-5-7-13)19(23)18-17(21)15-10-14(20)8-9-16(15)24-18/h3-10,12H,11,21H2,1-2H3. The number of nitrogen functional groups attached to an aromatic ring is 1. The average molecular weight is 403 g/mol. The van der Waals surface area contributed by atoms with Crippen molar-refractivity contribution in [3.63, 3.8) is 0 Å². The van der Waals surface area contributed by atoms with Gasteiger partial charge in [0.05, 0.1) is 5.69 Å². The number of nitrogens with zero attached hydrogens (tertiary/aromatic N) is 1. The molecule has 0 atom stereocenters. The van der Waals surface area contributed by atoms with Crippen LogP contribution < -0.4 is 5.73 Å². The molecule has 3 aromatic rings. The molecule has 0 unspecified atom stereocenters. The molecule has 24 heavy (non-hydrogen) atoms. The SMILES string of the molecule is CC(C)N(Cc1ccccc1)C(=O)c1sc2ccc(Br)cc2c1N. The number of hydrogen-bond donors (Lipinski definition) is 1. The quantitative estimate of drug-likeness (QED) is 0.643. The third-order valence-corrected chi connectivity index (χ3v) is 5.63. The van der Waals surface area contributed by atoms with Gasteiger partial charge in [-0.1, -0.05) is 46.3 Å². The molecule has 1 amide bonds. The minimum absolute atomic E-state index is 0.0105. The molecule has 2 aromatic carbocycles. The van der Waals surface area contributed by atoms with E-state index in [1.54, 1.807) is 0 Å². The van der Waals surface area contributed by atoms with Crippen LogP contribution in [-0.2, 0) is 6.54 Å². The summed E-state index contributed by atoms with van der Waals surface area (Å²) in [6.45, 7) is 4.64. The Morgan fingerprint density at radius 1 is 1.21 bits per heavy atom. The maximum absolute atomic E-state index is 13.1. The number of hydrogen-bond acceptors (Lipinski definition) is 3. The summed E-state index contributed by atoms with van der Waals surface area (Å²) in [6.07, 6.45) is 0. The van der Waals surface area contributed by atoms with Crippen LogP contribution >= 0.6 is 27.3 Å². The lowest BCUT2D eigenvalue weighted by Crippen LogP contribution is -2.36. The average Bonchev–Trinajstić information content (AvgIpc) is 2.89. The molecule has 0 aliphatic heterocycles. The summed E-state index contributed by atoms with van der Waals surface area (Å²) < 4.78 is 1.99. The van der Waals surface area contributed by atoms with Gasteiger partial charge in [-0.05, 0) is 37.6 Å². The molecule has 2 N–H and O–H groups in total. The maximum atomic E-state index is 13.1. The van der Waals surface area contributed by atoms with Crippen molar-refractivity contribution in [2.45, 2.75) is 26.4 Å². The smallest absolute Gasteiger partial charge is 0.266 e. The monoisotopic (exact) mass is 402 g/mol. The third kappa shape index (κ3) is 3.32. The van der Waals surface area contributed by atoms with Crippen LogP contribution in [0.1, 0.15) is 29.1 Å². The fourth-order valence-corrected chi connectivity index (χ4v) is 4.07. The summed E-state index contributed by atoms with van der Waals surface area (Å²) in [5.41, 5.74) is 7.96. The highest BCUT2D eigenvalue weighted by Gasteiger charge is 2.24. The topological polar surface area (TPSA) is 46.3 Å². The van der Waals surface area contributed by atoms with Crippen LogP contribution in [0.3, 0.4) is 0 Å². The summed E-state index contributed by atoms with van der Waals surface area (Å²) in [7, 11) is 0. The van der Waals surface area contributed by atoms with E-state index < -0.39 is 0 Å². The predicted octanol–water partition coefficient (Wildman–Crippen LogP) is 5.30. The highest BCUT2D eigenvalue weighted by Crippen LogP contribution is 2.36. The van der Waals surface area contributed by atoms with E-state index in [-0.39, 0.29) is 11.9 Å². The molecule has 0 spiro atoms. The molecule has 0 saturated carbocycles. The van der Waals surface area contributed by atoms with Crippen molar-refractivity contribution >= 4 is 48.9 Å². The molecule has 124 valence electrons. The Morgan fingerprint density at radius 3 is 2.58 bits per heavy atom. The van der Waals surface area contributed by atoms with Crippen molar-refractivity contribution < 1.29 is 4.79 Å². The molecule has 3 rings (SSSR count). The summed E-state index contributed by atoms with van der Waals surface area (Å²) in [5.74, 6) is -0.0105. The lowest BCUT2D eigenvalue weighted by molar-refractivity contribution is 0.0696. The van der Waals surface area contributed by atoms with E-state index in [9.17, 15) is 4.79 Å². The predicted molar refractivity (Wildman–Crippen MR) is 105 cm³/mol. The lowest BCUT2D eigenvalue weighted by atomic mass is 10.1. The molecule has 1 aromatic heterocycles. The molecule has 5 heteroatoms. The fraction of sp³-hybridized carbons (Fsp3) is 0.211. The van der Waals surface area contributed by atoms with Crippen LogP contribution in [0.5, 0.6) is 0 Å². The number of fused-ring (bicyclic) bond motifs is 1. The van der Waals surface area contributed by atoms with E-state index in [2.05, 4.69) is 15.9 Å². The van der Waals surface area contributed by atoms with Crippen molar-refractivity contribution in [1.29, 1.82) is 0 Å². The van der Waals surface area contributed by atoms with Gasteiger partial charge in [-0.2, -0.15) is 0 Å². The number of carbonyl (C=O) groups is 1. The van der Waals surface area contributed by atoms with Crippen molar-refractivity contribution in [3.8, 4) is 0 Å². The highest BCUT2D eigenvalue weighted by atomic mass is 79.9. The van der Waals surface area contributed by atoms with Gasteiger partial charge in [0.1, 0.15) is 4.88 Å². The van der Waals surface area contributed by atoms with Crippen LogP contribution in [0, 0.1) is 0 Å². The Kier molecular flexibility index (Phi) is 4.92. The molecule has 0 aliphatic rings. The number of rotatable bonds is 4. The van der Waals surface area contributed by atoms with Gasteiger partial charge in [0.25, 0.3) is 5.91 Å². The molecule has 0 radical (unpaired) electrons. The first-order chi connectivity index (χ1) is 11.5. The minimum Gasteiger partial charge on any atom is -0.397 e. The van der Waals surface area contributed by atoms with Gasteiger partial charge in [0, 0.05) is 27.1 Å². The number of benzene rings is 2. The Hall–Kier alpha value is -1.85. The van der Waals surface area contributed by atoms with Crippen molar-refractivity contribution in [3.05, 3.63) is 63.4 Å². The van der Waals surface area contributed by atoms with E-state index in [4.69, 9.17) is 5.73 Å². The Balaban J connectivity index is 1.97. The van der Waals surface area contributed by atoms with Crippen LogP contribution in [0.25, 0.3) is 10.1 Å². The zero-order valence-corrected chi connectivity index (χ0v) is 16.0.